The number of hydrogen-bond acceptors (Lipinski definition) is 6. The van der Waals surface area contributed by atoms with E-state index in [9.17, 15) is 19.2 Å². The highest BCUT2D eigenvalue weighted by molar-refractivity contribution is 5.85. The first-order valence-corrected chi connectivity index (χ1v) is 13.2. The molecule has 0 spiro atoms. The molecule has 0 aliphatic carbocycles. The lowest BCUT2D eigenvalue weighted by atomic mass is 9.94. The van der Waals surface area contributed by atoms with Crippen molar-refractivity contribution in [3.8, 4) is 11.1 Å². The lowest BCUT2D eigenvalue weighted by Crippen LogP contribution is -2.39. The zero-order valence-electron chi connectivity index (χ0n) is 22.5. The normalized spacial score (nSPS) is 14.1. The number of benzene rings is 2. The smallest absolute Gasteiger partial charge is 0.320 e. The molecule has 0 aliphatic rings. The number of esters is 1. The van der Waals surface area contributed by atoms with E-state index in [1.807, 2.05) is 54.6 Å². The minimum atomic E-state index is -1.10. The Bertz CT molecular complexity index is 1050. The third kappa shape index (κ3) is 10.5. The average Bonchev–Trinajstić information content (AvgIpc) is 2.91. The molecule has 0 fully saturated rings. The molecule has 0 aromatic heterocycles. The summed E-state index contributed by atoms with van der Waals surface area (Å²) in [6, 6.07) is 16.8. The summed E-state index contributed by atoms with van der Waals surface area (Å²) in [6.07, 6.45) is 1.55. The molecule has 0 radical (unpaired) electrons. The number of carboxylic acids is 1. The van der Waals surface area contributed by atoms with E-state index in [1.54, 1.807) is 20.8 Å². The van der Waals surface area contributed by atoms with Gasteiger partial charge in [0, 0.05) is 25.3 Å². The predicted molar refractivity (Wildman–Crippen MR) is 146 cm³/mol. The SMILES string of the molecule is CCOC(=O)[C@H](C)C[C@@H](Cc1ccc(-c2ccccc2)cc1)NC(=O)CCC(=O)CC[C@H](C)[C@H](N)C(=O)O. The van der Waals surface area contributed by atoms with Gasteiger partial charge >= 0.3 is 11.9 Å². The van der Waals surface area contributed by atoms with E-state index in [4.69, 9.17) is 15.6 Å². The third-order valence-corrected chi connectivity index (χ3v) is 6.64. The lowest BCUT2D eigenvalue weighted by molar-refractivity contribution is -0.148. The molecule has 2 aromatic rings. The Balaban J connectivity index is 1.97. The van der Waals surface area contributed by atoms with Gasteiger partial charge < -0.3 is 20.9 Å². The van der Waals surface area contributed by atoms with Crippen molar-refractivity contribution in [1.82, 2.24) is 5.32 Å². The molecule has 0 unspecified atom stereocenters. The maximum Gasteiger partial charge on any atom is 0.320 e. The van der Waals surface area contributed by atoms with Crippen molar-refractivity contribution in [3.05, 3.63) is 60.2 Å². The summed E-state index contributed by atoms with van der Waals surface area (Å²) in [5.41, 5.74) is 8.82. The first-order valence-electron chi connectivity index (χ1n) is 13.2. The van der Waals surface area contributed by atoms with Crippen molar-refractivity contribution in [2.75, 3.05) is 6.61 Å². The number of aliphatic carboxylic acids is 1. The molecule has 0 saturated carbocycles. The summed E-state index contributed by atoms with van der Waals surface area (Å²) in [7, 11) is 0. The summed E-state index contributed by atoms with van der Waals surface area (Å²) in [4.78, 5) is 48.2. The van der Waals surface area contributed by atoms with Crippen LogP contribution in [0.3, 0.4) is 0 Å². The summed E-state index contributed by atoms with van der Waals surface area (Å²) in [6.45, 7) is 5.52. The molecule has 1 amide bonds. The van der Waals surface area contributed by atoms with Crippen molar-refractivity contribution in [3.63, 3.8) is 0 Å². The van der Waals surface area contributed by atoms with E-state index >= 15 is 0 Å². The lowest BCUT2D eigenvalue weighted by Gasteiger charge is -2.22. The zero-order valence-corrected chi connectivity index (χ0v) is 22.5. The summed E-state index contributed by atoms with van der Waals surface area (Å²) >= 11 is 0. The van der Waals surface area contributed by atoms with E-state index < -0.39 is 17.9 Å². The fourth-order valence-corrected chi connectivity index (χ4v) is 4.24. The van der Waals surface area contributed by atoms with Crippen LogP contribution in [0.4, 0.5) is 0 Å². The van der Waals surface area contributed by atoms with Crippen LogP contribution in [0.2, 0.25) is 0 Å². The number of ketones is 1. The van der Waals surface area contributed by atoms with E-state index in [0.29, 0.717) is 25.9 Å². The molecular weight excluding hydrogens is 484 g/mol. The molecule has 38 heavy (non-hydrogen) atoms. The predicted octanol–water partition coefficient (Wildman–Crippen LogP) is 4.15. The van der Waals surface area contributed by atoms with Gasteiger partial charge in [0.1, 0.15) is 11.8 Å². The van der Waals surface area contributed by atoms with Crippen LogP contribution in [0.5, 0.6) is 0 Å². The van der Waals surface area contributed by atoms with Crippen molar-refractivity contribution in [2.24, 2.45) is 17.6 Å². The molecule has 8 heteroatoms. The average molecular weight is 525 g/mol. The van der Waals surface area contributed by atoms with Gasteiger partial charge in [-0.15, -0.1) is 0 Å². The number of amides is 1. The highest BCUT2D eigenvalue weighted by atomic mass is 16.5. The van der Waals surface area contributed by atoms with Crippen molar-refractivity contribution >= 4 is 23.6 Å². The van der Waals surface area contributed by atoms with E-state index in [1.165, 1.54) is 0 Å². The number of carbonyl (C=O) groups is 4. The van der Waals surface area contributed by atoms with Crippen LogP contribution in [0.15, 0.2) is 54.6 Å². The van der Waals surface area contributed by atoms with Crippen LogP contribution in [-0.4, -0.2) is 47.4 Å². The molecule has 0 aliphatic heterocycles. The Morgan fingerprint density at radius 1 is 0.921 bits per heavy atom. The Hall–Kier alpha value is -3.52. The number of ether oxygens (including phenoxy) is 1. The summed E-state index contributed by atoms with van der Waals surface area (Å²) < 4.78 is 5.14. The van der Waals surface area contributed by atoms with Crippen molar-refractivity contribution in [1.29, 1.82) is 0 Å². The van der Waals surface area contributed by atoms with E-state index in [-0.39, 0.29) is 48.9 Å². The maximum absolute atomic E-state index is 12.7. The molecule has 206 valence electrons. The molecular formula is C30H40N2O6. The fraction of sp³-hybridized carbons (Fsp3) is 0.467. The molecule has 8 nitrogen and oxygen atoms in total. The second kappa shape index (κ2) is 15.7. The zero-order chi connectivity index (χ0) is 28.1. The highest BCUT2D eigenvalue weighted by Gasteiger charge is 2.23. The standard InChI is InChI=1S/C30H40N2O6/c1-4-38-30(37)21(3)18-25(19-22-11-13-24(14-12-22)23-8-6-5-7-9-23)32-27(34)17-16-26(33)15-10-20(2)28(31)29(35)36/h5-9,11-14,20-21,25,28H,4,10,15-19,31H2,1-3H3,(H,32,34)(H,35,36)/t20-,21+,25-,28-/m0/s1. The van der Waals surface area contributed by atoms with Gasteiger partial charge in [-0.05, 0) is 48.8 Å². The fourth-order valence-electron chi connectivity index (χ4n) is 4.24. The number of nitrogens with two attached hydrogens (primary N) is 1. The second-order valence-electron chi connectivity index (χ2n) is 9.84. The number of rotatable bonds is 16. The topological polar surface area (TPSA) is 136 Å². The largest absolute Gasteiger partial charge is 0.480 e. The second-order valence-corrected chi connectivity index (χ2v) is 9.84. The summed E-state index contributed by atoms with van der Waals surface area (Å²) in [5, 5.41) is 12.0. The number of hydrogen-bond donors (Lipinski definition) is 3. The maximum atomic E-state index is 12.7. The van der Waals surface area contributed by atoms with Crippen LogP contribution >= 0.6 is 0 Å². The number of Topliss-reactive ketones (excluding diaryl/α,β-unsaturated/α-hetero) is 1. The summed E-state index contributed by atoms with van der Waals surface area (Å²) in [5.74, 6) is -2.53. The molecule has 4 N–H and O–H groups in total. The monoisotopic (exact) mass is 524 g/mol. The molecule has 2 rings (SSSR count). The van der Waals surface area contributed by atoms with Crippen molar-refractivity contribution < 1.29 is 29.0 Å². The third-order valence-electron chi connectivity index (χ3n) is 6.64. The quantitative estimate of drug-likeness (QED) is 0.281. The Labute approximate surface area is 225 Å². The molecule has 2 aromatic carbocycles. The van der Waals surface area contributed by atoms with E-state index in [0.717, 1.165) is 16.7 Å². The highest BCUT2D eigenvalue weighted by Crippen LogP contribution is 2.21. The van der Waals surface area contributed by atoms with Crippen LogP contribution < -0.4 is 11.1 Å². The van der Waals surface area contributed by atoms with Gasteiger partial charge in [0.2, 0.25) is 5.91 Å². The van der Waals surface area contributed by atoms with Gasteiger partial charge in [-0.25, -0.2) is 0 Å². The number of carbonyl (C=O) groups excluding carboxylic acids is 3. The van der Waals surface area contributed by atoms with Crippen molar-refractivity contribution in [2.45, 2.75) is 71.4 Å². The van der Waals surface area contributed by atoms with Crippen LogP contribution in [0, 0.1) is 11.8 Å². The first kappa shape index (κ1) is 30.7. The van der Waals surface area contributed by atoms with Gasteiger partial charge in [0.05, 0.1) is 12.5 Å². The van der Waals surface area contributed by atoms with E-state index in [2.05, 4.69) is 5.32 Å². The van der Waals surface area contributed by atoms with Gasteiger partial charge in [0.15, 0.2) is 0 Å². The van der Waals surface area contributed by atoms with Gasteiger partial charge in [-0.2, -0.15) is 0 Å². The number of nitrogens with one attached hydrogen (secondary N) is 1. The molecule has 0 saturated heterocycles. The van der Waals surface area contributed by atoms with Crippen LogP contribution in [0.1, 0.15) is 58.4 Å². The van der Waals surface area contributed by atoms with Gasteiger partial charge in [0.25, 0.3) is 0 Å². The minimum Gasteiger partial charge on any atom is -0.480 e. The van der Waals surface area contributed by atoms with Crippen LogP contribution in [-0.2, 0) is 30.3 Å². The first-order chi connectivity index (χ1) is 18.1. The molecule has 0 heterocycles. The van der Waals surface area contributed by atoms with Gasteiger partial charge in [-0.1, -0.05) is 68.4 Å². The molecule has 4 atom stereocenters. The molecule has 0 bridgehead atoms. The Morgan fingerprint density at radius 3 is 2.16 bits per heavy atom. The Kier molecular flexibility index (Phi) is 12.7. The number of carboxylic acid groups (broad SMARTS) is 1. The minimum absolute atomic E-state index is 0.0232. The van der Waals surface area contributed by atoms with Gasteiger partial charge in [-0.3, -0.25) is 19.2 Å². The Morgan fingerprint density at radius 2 is 1.55 bits per heavy atom. The van der Waals surface area contributed by atoms with Crippen LogP contribution in [0.25, 0.3) is 11.1 Å².